The monoisotopic (exact) mass is 564 g/mol. The largest absolute Gasteiger partial charge is 0.487 e. The lowest BCUT2D eigenvalue weighted by atomic mass is 10.1. The number of para-hydroxylation sites is 4. The molecule has 10 nitrogen and oxygen atoms in total. The van der Waals surface area contributed by atoms with Crippen molar-refractivity contribution in [2.24, 2.45) is 0 Å². The summed E-state index contributed by atoms with van der Waals surface area (Å²) in [6, 6.07) is 15.1. The van der Waals surface area contributed by atoms with Gasteiger partial charge in [0.1, 0.15) is 12.2 Å². The van der Waals surface area contributed by atoms with Gasteiger partial charge in [0.25, 0.3) is 0 Å². The molecule has 224 valence electrons. The van der Waals surface area contributed by atoms with E-state index in [2.05, 4.69) is 0 Å². The quantitative estimate of drug-likeness (QED) is 0.465. The normalized spacial score (nSPS) is 20.4. The van der Waals surface area contributed by atoms with Gasteiger partial charge >= 0.3 is 0 Å². The molecule has 0 fully saturated rings. The zero-order valence-corrected chi connectivity index (χ0v) is 23.8. The van der Waals surface area contributed by atoms with Crippen molar-refractivity contribution >= 4 is 0 Å². The van der Waals surface area contributed by atoms with E-state index in [1.54, 1.807) is 0 Å². The summed E-state index contributed by atoms with van der Waals surface area (Å²) in [7, 11) is 0. The highest BCUT2D eigenvalue weighted by atomic mass is 16.6. The molecule has 1 heterocycles. The summed E-state index contributed by atoms with van der Waals surface area (Å²) in [6.07, 6.45) is 0. The third-order valence-electron chi connectivity index (χ3n) is 5.47. The molecule has 0 amide bonds. The Morgan fingerprint density at radius 1 is 0.425 bits per heavy atom. The van der Waals surface area contributed by atoms with Crippen LogP contribution in [-0.2, 0) is 33.2 Å². The van der Waals surface area contributed by atoms with E-state index in [0.29, 0.717) is 122 Å². The molecule has 0 N–H and O–H groups in total. The van der Waals surface area contributed by atoms with Crippen molar-refractivity contribution in [2.75, 3.05) is 99.1 Å². The molecule has 3 rings (SSSR count). The van der Waals surface area contributed by atoms with Gasteiger partial charge in [0, 0.05) is 0 Å². The standard InChI is InChI=1S/C30H44O10/c1-30(2)25-37-22-21-35-18-17-33-14-13-31-11-12-32-15-16-34-19-20-36-23-24-38-26-7-3-4-8-27(26)39-28-9-5-6-10-29(28)40-30/h3-10H,11-25H2,1-2H3. The molecule has 1 aliphatic rings. The fourth-order valence-corrected chi connectivity index (χ4v) is 3.57. The number of ether oxygens (including phenoxy) is 10. The minimum atomic E-state index is -0.592. The van der Waals surface area contributed by atoms with Crippen LogP contribution < -0.4 is 14.2 Å². The average molecular weight is 565 g/mol. The zero-order chi connectivity index (χ0) is 28.1. The van der Waals surface area contributed by atoms with Crippen molar-refractivity contribution < 1.29 is 47.4 Å². The van der Waals surface area contributed by atoms with E-state index in [0.717, 1.165) is 0 Å². The molecule has 2 aromatic carbocycles. The number of benzene rings is 2. The van der Waals surface area contributed by atoms with E-state index in [1.165, 1.54) is 0 Å². The zero-order valence-electron chi connectivity index (χ0n) is 23.8. The number of hydrogen-bond acceptors (Lipinski definition) is 10. The second-order valence-corrected chi connectivity index (χ2v) is 9.43. The highest BCUT2D eigenvalue weighted by Gasteiger charge is 2.22. The van der Waals surface area contributed by atoms with Gasteiger partial charge in [0.15, 0.2) is 23.0 Å². The maximum atomic E-state index is 6.29. The lowest BCUT2D eigenvalue weighted by Crippen LogP contribution is -2.34. The fourth-order valence-electron chi connectivity index (χ4n) is 3.57. The summed E-state index contributed by atoms with van der Waals surface area (Å²) in [4.78, 5) is 0. The van der Waals surface area contributed by atoms with Gasteiger partial charge in [-0.25, -0.2) is 0 Å². The summed E-state index contributed by atoms with van der Waals surface area (Å²) >= 11 is 0. The predicted molar refractivity (Wildman–Crippen MR) is 149 cm³/mol. The third-order valence-corrected chi connectivity index (χ3v) is 5.47. The predicted octanol–water partition coefficient (Wildman–Crippen LogP) is 4.14. The Labute approximate surface area is 237 Å². The smallest absolute Gasteiger partial charge is 0.169 e. The first kappa shape index (κ1) is 32.1. The fraction of sp³-hybridized carbons (Fsp3) is 0.600. The molecule has 0 spiro atoms. The van der Waals surface area contributed by atoms with Crippen molar-refractivity contribution in [1.29, 1.82) is 0 Å². The second kappa shape index (κ2) is 19.6. The third kappa shape index (κ3) is 13.8. The maximum Gasteiger partial charge on any atom is 0.169 e. The van der Waals surface area contributed by atoms with Gasteiger partial charge in [-0.3, -0.25) is 0 Å². The van der Waals surface area contributed by atoms with Crippen LogP contribution >= 0.6 is 0 Å². The molecule has 0 saturated carbocycles. The Balaban J connectivity index is 1.53. The Morgan fingerprint density at radius 2 is 0.775 bits per heavy atom. The van der Waals surface area contributed by atoms with Crippen molar-refractivity contribution in [1.82, 2.24) is 0 Å². The van der Waals surface area contributed by atoms with E-state index in [4.69, 9.17) is 47.4 Å². The minimum Gasteiger partial charge on any atom is -0.487 e. The number of rotatable bonds is 0. The molecular formula is C30H44O10. The van der Waals surface area contributed by atoms with Gasteiger partial charge in [-0.1, -0.05) is 24.3 Å². The SMILES string of the molecule is CC1(C)COCCOCCOCCOCCOCCOCCOCCOc2ccccc2Oc2ccccc2O1. The molecule has 10 heteroatoms. The first-order valence-electron chi connectivity index (χ1n) is 13.9. The molecular weight excluding hydrogens is 520 g/mol. The van der Waals surface area contributed by atoms with Crippen LogP contribution in [-0.4, -0.2) is 105 Å². The summed E-state index contributed by atoms with van der Waals surface area (Å²) in [6.45, 7) is 11.1. The van der Waals surface area contributed by atoms with Crippen molar-refractivity contribution in [3.8, 4) is 23.0 Å². The highest BCUT2D eigenvalue weighted by Crippen LogP contribution is 2.37. The van der Waals surface area contributed by atoms with Gasteiger partial charge < -0.3 is 47.4 Å². The van der Waals surface area contributed by atoms with E-state index in [-0.39, 0.29) is 0 Å². The molecule has 0 radical (unpaired) electrons. The van der Waals surface area contributed by atoms with Crippen LogP contribution in [0.3, 0.4) is 0 Å². The van der Waals surface area contributed by atoms with Gasteiger partial charge in [-0.15, -0.1) is 0 Å². The molecule has 0 bridgehead atoms. The van der Waals surface area contributed by atoms with Crippen molar-refractivity contribution in [2.45, 2.75) is 19.4 Å². The van der Waals surface area contributed by atoms with E-state index in [1.807, 2.05) is 62.4 Å². The number of hydrogen-bond donors (Lipinski definition) is 0. The molecule has 0 atom stereocenters. The summed E-state index contributed by atoms with van der Waals surface area (Å²) in [5, 5.41) is 0. The Hall–Kier alpha value is -2.44. The van der Waals surface area contributed by atoms with E-state index in [9.17, 15) is 0 Å². The van der Waals surface area contributed by atoms with Crippen LogP contribution in [0, 0.1) is 0 Å². The van der Waals surface area contributed by atoms with Gasteiger partial charge in [-0.2, -0.15) is 0 Å². The molecule has 0 aromatic heterocycles. The Bertz CT molecular complexity index is 923. The van der Waals surface area contributed by atoms with Crippen molar-refractivity contribution in [3.63, 3.8) is 0 Å². The minimum absolute atomic E-state index is 0.376. The Kier molecular flexibility index (Phi) is 15.7. The first-order chi connectivity index (χ1) is 19.6. The average Bonchev–Trinajstić information content (AvgIpc) is 2.94. The summed E-state index contributed by atoms with van der Waals surface area (Å²) in [5.74, 6) is 2.39. The molecule has 1 aliphatic heterocycles. The van der Waals surface area contributed by atoms with Gasteiger partial charge in [0.05, 0.1) is 92.5 Å². The second-order valence-electron chi connectivity index (χ2n) is 9.43. The van der Waals surface area contributed by atoms with E-state index < -0.39 is 5.60 Å². The van der Waals surface area contributed by atoms with Crippen LogP contribution in [0.15, 0.2) is 48.5 Å². The first-order valence-corrected chi connectivity index (χ1v) is 13.9. The van der Waals surface area contributed by atoms with Crippen LogP contribution in [0.1, 0.15) is 13.8 Å². The molecule has 0 aliphatic carbocycles. The van der Waals surface area contributed by atoms with E-state index >= 15 is 0 Å². The molecule has 40 heavy (non-hydrogen) atoms. The lowest BCUT2D eigenvalue weighted by molar-refractivity contribution is -0.0369. The molecule has 0 unspecified atom stereocenters. The van der Waals surface area contributed by atoms with Crippen LogP contribution in [0.25, 0.3) is 0 Å². The van der Waals surface area contributed by atoms with Crippen LogP contribution in [0.4, 0.5) is 0 Å². The highest BCUT2D eigenvalue weighted by molar-refractivity contribution is 5.47. The maximum absolute atomic E-state index is 6.29. The summed E-state index contributed by atoms with van der Waals surface area (Å²) in [5.41, 5.74) is -0.592. The topological polar surface area (TPSA) is 92.3 Å². The van der Waals surface area contributed by atoms with Crippen LogP contribution in [0.2, 0.25) is 0 Å². The number of fused-ring (bicyclic) bond motifs is 2. The lowest BCUT2D eigenvalue weighted by Gasteiger charge is -2.27. The molecule has 0 saturated heterocycles. The van der Waals surface area contributed by atoms with Gasteiger partial charge in [-0.05, 0) is 38.1 Å². The molecule has 2 aromatic rings. The van der Waals surface area contributed by atoms with Gasteiger partial charge in [0.2, 0.25) is 0 Å². The van der Waals surface area contributed by atoms with Crippen LogP contribution in [0.5, 0.6) is 23.0 Å². The summed E-state index contributed by atoms with van der Waals surface area (Å²) < 4.78 is 57.5. The Morgan fingerprint density at radius 3 is 1.25 bits per heavy atom. The van der Waals surface area contributed by atoms with Crippen molar-refractivity contribution in [3.05, 3.63) is 48.5 Å².